The van der Waals surface area contributed by atoms with Gasteiger partial charge in [0.05, 0.1) is 12.8 Å². The first kappa shape index (κ1) is 25.7. The number of carboxylic acids is 3. The number of aliphatic carboxylic acids is 3. The predicted octanol–water partition coefficient (Wildman–Crippen LogP) is -2.39. The molecule has 16 heavy (non-hydrogen) atoms. The molecule has 10 heteroatoms. The fraction of sp³-hybridized carbons (Fsp3) is 0.500. The molecule has 0 aliphatic rings. The summed E-state index contributed by atoms with van der Waals surface area (Å²) >= 11 is 0. The van der Waals surface area contributed by atoms with Crippen molar-refractivity contribution >= 4 is 97.6 Å². The molecule has 0 spiro atoms. The van der Waals surface area contributed by atoms with E-state index in [-0.39, 0.29) is 79.7 Å². The number of halogens is 1. The number of rotatable bonds is 5. The van der Waals surface area contributed by atoms with Gasteiger partial charge in [0, 0.05) is 0 Å². The van der Waals surface area contributed by atoms with Crippen molar-refractivity contribution in [3.63, 3.8) is 0 Å². The minimum atomic E-state index is -2.74. The molecule has 0 amide bonds. The van der Waals surface area contributed by atoms with Crippen LogP contribution in [-0.4, -0.2) is 111 Å². The van der Waals surface area contributed by atoms with Gasteiger partial charge in [0.1, 0.15) is 0 Å². The van der Waals surface area contributed by atoms with Gasteiger partial charge in [-0.15, -0.1) is 12.4 Å². The third-order valence-electron chi connectivity index (χ3n) is 1.29. The quantitative estimate of drug-likeness (QED) is 0.416. The van der Waals surface area contributed by atoms with Crippen molar-refractivity contribution < 1.29 is 34.8 Å². The summed E-state index contributed by atoms with van der Waals surface area (Å²) in [5.41, 5.74) is -2.74. The molecule has 0 aliphatic carbocycles. The molecule has 0 fully saturated rings. The van der Waals surface area contributed by atoms with Crippen LogP contribution < -0.4 is 0 Å². The first-order valence-corrected chi connectivity index (χ1v) is 3.17. The number of hydrogen-bond acceptors (Lipinski definition) is 4. The maximum atomic E-state index is 10.3. The zero-order valence-electron chi connectivity index (χ0n) is 6.84. The summed E-state index contributed by atoms with van der Waals surface area (Å²) in [5.74, 6) is -5.02. The van der Waals surface area contributed by atoms with Gasteiger partial charge < -0.3 is 20.4 Å². The standard InChI is InChI=1S/C6H8O7.Ca.ClH.Na.3H/c7-3(8)1-6(13,5(11)12)2-4(9)10;;;;;;/h13H,1-2H2,(H,7,8)(H,9,10)(H,11,12);;1H;;;;. The van der Waals surface area contributed by atoms with Gasteiger partial charge in [0.2, 0.25) is 0 Å². The Morgan fingerprint density at radius 1 is 0.938 bits per heavy atom. The monoisotopic (exact) mass is 294 g/mol. The van der Waals surface area contributed by atoms with Crippen molar-refractivity contribution in [2.75, 3.05) is 0 Å². The van der Waals surface area contributed by atoms with E-state index in [0.717, 1.165) is 0 Å². The van der Waals surface area contributed by atoms with Crippen molar-refractivity contribution in [2.24, 2.45) is 0 Å². The summed E-state index contributed by atoms with van der Waals surface area (Å²) < 4.78 is 0. The number of aliphatic hydroxyl groups is 1. The first-order chi connectivity index (χ1) is 5.78. The molecular formula is C6H12CaClNaO7. The zero-order chi connectivity index (χ0) is 10.6. The van der Waals surface area contributed by atoms with E-state index in [1.54, 1.807) is 0 Å². The average Bonchev–Trinajstić information content (AvgIpc) is 1.82. The Labute approximate surface area is 149 Å². The summed E-state index contributed by atoms with van der Waals surface area (Å²) in [6.07, 6.45) is -2.29. The number of carboxylic acid groups (broad SMARTS) is 3. The Morgan fingerprint density at radius 3 is 1.31 bits per heavy atom. The van der Waals surface area contributed by atoms with Gasteiger partial charge in [0.15, 0.2) is 5.60 Å². The van der Waals surface area contributed by atoms with Crippen LogP contribution in [0.25, 0.3) is 0 Å². The Balaban J connectivity index is -0.000000240. The fourth-order valence-electron chi connectivity index (χ4n) is 0.714. The minimum absolute atomic E-state index is 0. The second-order valence-electron chi connectivity index (χ2n) is 2.48. The molecule has 0 radical (unpaired) electrons. The molecule has 0 unspecified atom stereocenters. The summed E-state index contributed by atoms with van der Waals surface area (Å²) in [7, 11) is 0. The van der Waals surface area contributed by atoms with Crippen molar-refractivity contribution in [2.45, 2.75) is 18.4 Å². The summed E-state index contributed by atoms with van der Waals surface area (Å²) in [4.78, 5) is 30.5. The summed E-state index contributed by atoms with van der Waals surface area (Å²) in [6.45, 7) is 0. The number of carbonyl (C=O) groups is 3. The zero-order valence-corrected chi connectivity index (χ0v) is 7.65. The van der Waals surface area contributed by atoms with E-state index < -0.39 is 36.4 Å². The van der Waals surface area contributed by atoms with E-state index in [1.807, 2.05) is 0 Å². The summed E-state index contributed by atoms with van der Waals surface area (Å²) in [6, 6.07) is 0. The van der Waals surface area contributed by atoms with Crippen LogP contribution in [0.3, 0.4) is 0 Å². The molecule has 0 saturated carbocycles. The van der Waals surface area contributed by atoms with Crippen molar-refractivity contribution in [1.82, 2.24) is 0 Å². The van der Waals surface area contributed by atoms with Crippen LogP contribution in [0, 0.1) is 0 Å². The van der Waals surface area contributed by atoms with Crippen LogP contribution in [0.15, 0.2) is 0 Å². The topological polar surface area (TPSA) is 132 Å². The Bertz CT molecular complexity index is 243. The van der Waals surface area contributed by atoms with E-state index in [1.165, 1.54) is 0 Å². The Kier molecular flexibility index (Phi) is 17.7. The van der Waals surface area contributed by atoms with Gasteiger partial charge in [-0.2, -0.15) is 0 Å². The van der Waals surface area contributed by atoms with E-state index in [9.17, 15) is 14.4 Å². The normalized spacial score (nSPS) is 8.81. The van der Waals surface area contributed by atoms with E-state index >= 15 is 0 Å². The van der Waals surface area contributed by atoms with Crippen LogP contribution >= 0.6 is 12.4 Å². The van der Waals surface area contributed by atoms with E-state index in [0.29, 0.717) is 0 Å². The summed E-state index contributed by atoms with van der Waals surface area (Å²) in [5, 5.41) is 33.8. The van der Waals surface area contributed by atoms with Gasteiger partial charge in [-0.1, -0.05) is 0 Å². The van der Waals surface area contributed by atoms with Crippen molar-refractivity contribution in [1.29, 1.82) is 0 Å². The van der Waals surface area contributed by atoms with Crippen LogP contribution in [0.2, 0.25) is 0 Å². The van der Waals surface area contributed by atoms with Gasteiger partial charge in [-0.3, -0.25) is 9.59 Å². The average molecular weight is 295 g/mol. The molecule has 0 aliphatic heterocycles. The number of hydrogen-bond donors (Lipinski definition) is 4. The van der Waals surface area contributed by atoms with Gasteiger partial charge in [0.25, 0.3) is 0 Å². The van der Waals surface area contributed by atoms with Crippen LogP contribution in [-0.2, 0) is 14.4 Å². The third kappa shape index (κ3) is 10.1. The Hall–Kier alpha value is 0.920. The van der Waals surface area contributed by atoms with Crippen molar-refractivity contribution in [3.8, 4) is 0 Å². The van der Waals surface area contributed by atoms with Crippen LogP contribution in [0.5, 0.6) is 0 Å². The maximum absolute atomic E-state index is 10.3. The molecule has 0 aromatic carbocycles. The van der Waals surface area contributed by atoms with Gasteiger partial charge in [-0.05, 0) is 0 Å². The van der Waals surface area contributed by atoms with Gasteiger partial charge >= 0.3 is 85.2 Å². The third-order valence-corrected chi connectivity index (χ3v) is 1.29. The molecule has 0 rings (SSSR count). The molecule has 0 aromatic heterocycles. The van der Waals surface area contributed by atoms with E-state index in [4.69, 9.17) is 20.4 Å². The van der Waals surface area contributed by atoms with Crippen LogP contribution in [0.1, 0.15) is 12.8 Å². The molecular weight excluding hydrogens is 283 g/mol. The molecule has 0 bridgehead atoms. The fourth-order valence-corrected chi connectivity index (χ4v) is 0.714. The van der Waals surface area contributed by atoms with E-state index in [2.05, 4.69) is 0 Å². The van der Waals surface area contributed by atoms with Crippen LogP contribution in [0.4, 0.5) is 0 Å². The molecule has 7 nitrogen and oxygen atoms in total. The molecule has 0 saturated heterocycles. The first-order valence-electron chi connectivity index (χ1n) is 3.17. The van der Waals surface area contributed by atoms with Gasteiger partial charge in [-0.25, -0.2) is 4.79 Å². The Morgan fingerprint density at radius 2 is 1.19 bits per heavy atom. The molecule has 0 aromatic rings. The molecule has 88 valence electrons. The SMILES string of the molecule is Cl.O=C(O)CC(O)(CC(=O)O)C(=O)O.[CaH2].[NaH]. The molecule has 0 atom stereocenters. The molecule has 0 heterocycles. The predicted molar refractivity (Wildman–Crippen MR) is 60.0 cm³/mol. The second kappa shape index (κ2) is 11.0. The molecule has 4 N–H and O–H groups in total. The second-order valence-corrected chi connectivity index (χ2v) is 2.48. The van der Waals surface area contributed by atoms with Crippen molar-refractivity contribution in [3.05, 3.63) is 0 Å².